The van der Waals surface area contributed by atoms with Crippen molar-refractivity contribution in [3.63, 3.8) is 0 Å². The lowest BCUT2D eigenvalue weighted by molar-refractivity contribution is 0.0467. The van der Waals surface area contributed by atoms with Crippen molar-refractivity contribution in [3.05, 3.63) is 112 Å². The zero-order valence-corrected chi connectivity index (χ0v) is 18.7. The number of hydrogen-bond acceptors (Lipinski definition) is 6. The molecule has 2 aromatic heterocycles. The van der Waals surface area contributed by atoms with Crippen LogP contribution in [0.4, 0.5) is 0 Å². The largest absolute Gasteiger partial charge is 0.455 e. The Balaban J connectivity index is 1.33. The van der Waals surface area contributed by atoms with E-state index in [-0.39, 0.29) is 12.2 Å². The number of benzene rings is 3. The predicted octanol–water partition coefficient (Wildman–Crippen LogP) is 5.01. The Bertz CT molecular complexity index is 1550. The predicted molar refractivity (Wildman–Crippen MR) is 128 cm³/mol. The Kier molecular flexibility index (Phi) is 5.51. The number of aryl methyl sites for hydroxylation is 2. The molecule has 3 aromatic carbocycles. The summed E-state index contributed by atoms with van der Waals surface area (Å²) in [5.74, 6) is 1.16. The quantitative estimate of drug-likeness (QED) is 0.349. The Labute approximate surface area is 195 Å². The number of esters is 1. The first kappa shape index (κ1) is 21.3. The Morgan fingerprint density at radius 2 is 1.62 bits per heavy atom. The maximum Gasteiger partial charge on any atom is 0.338 e. The molecule has 0 aliphatic rings. The average Bonchev–Trinajstić information content (AvgIpc) is 3.24. The van der Waals surface area contributed by atoms with Crippen LogP contribution in [0.3, 0.4) is 0 Å². The van der Waals surface area contributed by atoms with E-state index in [0.29, 0.717) is 45.3 Å². The molecule has 0 radical (unpaired) electrons. The molecule has 0 saturated carbocycles. The highest BCUT2D eigenvalue weighted by Crippen LogP contribution is 2.22. The molecular weight excluding hydrogens is 430 g/mol. The van der Waals surface area contributed by atoms with E-state index >= 15 is 0 Å². The van der Waals surface area contributed by atoms with E-state index in [9.17, 15) is 9.59 Å². The van der Waals surface area contributed by atoms with E-state index in [1.54, 1.807) is 44.2 Å². The standard InChI is InChI=1S/C27H21N3O4/c1-17-24(29-25(34-17)19-8-4-3-5-9-19)16-33-27(32)20-12-14-21(15-13-20)30-18(2)28-23-11-7-6-10-22(23)26(30)31/h3-15H,16H2,1-2H3. The second kappa shape index (κ2) is 8.78. The summed E-state index contributed by atoms with van der Waals surface area (Å²) in [6, 6.07) is 23.4. The molecule has 0 N–H and O–H groups in total. The molecule has 2 heterocycles. The van der Waals surface area contributed by atoms with Gasteiger partial charge < -0.3 is 9.15 Å². The second-order valence-electron chi connectivity index (χ2n) is 7.83. The number of aromatic nitrogens is 3. The summed E-state index contributed by atoms with van der Waals surface area (Å²) in [6.45, 7) is 3.56. The summed E-state index contributed by atoms with van der Waals surface area (Å²) in [7, 11) is 0. The number of hydrogen-bond donors (Lipinski definition) is 0. The van der Waals surface area contributed by atoms with Crippen molar-refractivity contribution in [2.45, 2.75) is 20.5 Å². The Hall–Kier alpha value is -4.52. The van der Waals surface area contributed by atoms with E-state index in [1.807, 2.05) is 48.5 Å². The summed E-state index contributed by atoms with van der Waals surface area (Å²) >= 11 is 0. The van der Waals surface area contributed by atoms with Crippen LogP contribution < -0.4 is 5.56 Å². The van der Waals surface area contributed by atoms with Crippen LogP contribution >= 0.6 is 0 Å². The highest BCUT2D eigenvalue weighted by Gasteiger charge is 2.15. The highest BCUT2D eigenvalue weighted by molar-refractivity contribution is 5.89. The molecule has 0 aliphatic heterocycles. The zero-order chi connectivity index (χ0) is 23.7. The summed E-state index contributed by atoms with van der Waals surface area (Å²) < 4.78 is 12.7. The minimum absolute atomic E-state index is 0.00406. The van der Waals surface area contributed by atoms with Crippen LogP contribution in [0.5, 0.6) is 0 Å². The molecular formula is C27H21N3O4. The van der Waals surface area contributed by atoms with E-state index in [1.165, 1.54) is 4.57 Å². The zero-order valence-electron chi connectivity index (χ0n) is 18.7. The van der Waals surface area contributed by atoms with Crippen molar-refractivity contribution in [3.8, 4) is 17.1 Å². The molecule has 0 amide bonds. The van der Waals surface area contributed by atoms with Crippen LogP contribution in [-0.2, 0) is 11.3 Å². The SMILES string of the molecule is Cc1oc(-c2ccccc2)nc1COC(=O)c1ccc(-n2c(C)nc3ccccc3c2=O)cc1. The number of rotatable bonds is 5. The highest BCUT2D eigenvalue weighted by atomic mass is 16.5. The third-order valence-corrected chi connectivity index (χ3v) is 5.56. The third kappa shape index (κ3) is 3.99. The van der Waals surface area contributed by atoms with Gasteiger partial charge in [0.2, 0.25) is 5.89 Å². The van der Waals surface area contributed by atoms with Crippen molar-refractivity contribution in [2.75, 3.05) is 0 Å². The lowest BCUT2D eigenvalue weighted by atomic mass is 10.2. The number of oxazole rings is 1. The molecule has 0 atom stereocenters. The number of fused-ring (bicyclic) bond motifs is 1. The number of carbonyl (C=O) groups is 1. The summed E-state index contributed by atoms with van der Waals surface area (Å²) in [5, 5.41) is 0.537. The summed E-state index contributed by atoms with van der Waals surface area (Å²) in [5.41, 5.74) is 2.90. The van der Waals surface area contributed by atoms with Gasteiger partial charge in [0, 0.05) is 5.56 Å². The topological polar surface area (TPSA) is 87.2 Å². The maximum atomic E-state index is 13.0. The summed E-state index contributed by atoms with van der Waals surface area (Å²) in [4.78, 5) is 34.6. The van der Waals surface area contributed by atoms with E-state index in [2.05, 4.69) is 9.97 Å². The van der Waals surface area contributed by atoms with Crippen LogP contribution in [0.2, 0.25) is 0 Å². The van der Waals surface area contributed by atoms with Crippen LogP contribution in [0.15, 0.2) is 88.1 Å². The van der Waals surface area contributed by atoms with E-state index in [4.69, 9.17) is 9.15 Å². The molecule has 5 aromatic rings. The number of ether oxygens (including phenoxy) is 1. The Morgan fingerprint density at radius 3 is 2.38 bits per heavy atom. The fourth-order valence-corrected chi connectivity index (χ4v) is 3.78. The van der Waals surface area contributed by atoms with Gasteiger partial charge in [0.15, 0.2) is 0 Å². The number of nitrogens with zero attached hydrogens (tertiary/aromatic N) is 3. The molecule has 0 aliphatic carbocycles. The smallest absolute Gasteiger partial charge is 0.338 e. The average molecular weight is 451 g/mol. The van der Waals surface area contributed by atoms with Crippen molar-refractivity contribution >= 4 is 16.9 Å². The van der Waals surface area contributed by atoms with Gasteiger partial charge in [-0.05, 0) is 62.4 Å². The van der Waals surface area contributed by atoms with Gasteiger partial charge >= 0.3 is 5.97 Å². The van der Waals surface area contributed by atoms with Crippen LogP contribution in [-0.4, -0.2) is 20.5 Å². The number of para-hydroxylation sites is 1. The van der Waals surface area contributed by atoms with Crippen molar-refractivity contribution in [2.24, 2.45) is 0 Å². The molecule has 0 spiro atoms. The van der Waals surface area contributed by atoms with Crippen LogP contribution in [0.1, 0.15) is 27.6 Å². The van der Waals surface area contributed by atoms with Gasteiger partial charge in [0.05, 0.1) is 22.2 Å². The maximum absolute atomic E-state index is 13.0. The molecule has 0 bridgehead atoms. The van der Waals surface area contributed by atoms with Crippen LogP contribution in [0, 0.1) is 13.8 Å². The van der Waals surface area contributed by atoms with Crippen molar-refractivity contribution < 1.29 is 13.9 Å². The minimum atomic E-state index is -0.490. The molecule has 0 unspecified atom stereocenters. The molecule has 168 valence electrons. The van der Waals surface area contributed by atoms with Gasteiger partial charge in [0.1, 0.15) is 23.9 Å². The first-order chi connectivity index (χ1) is 16.5. The molecule has 0 fully saturated rings. The number of carbonyl (C=O) groups excluding carboxylic acids is 1. The third-order valence-electron chi connectivity index (χ3n) is 5.56. The molecule has 5 rings (SSSR count). The normalized spacial score (nSPS) is 11.0. The van der Waals surface area contributed by atoms with Gasteiger partial charge in [0.25, 0.3) is 5.56 Å². The first-order valence-corrected chi connectivity index (χ1v) is 10.8. The summed E-state index contributed by atoms with van der Waals surface area (Å²) in [6.07, 6.45) is 0. The van der Waals surface area contributed by atoms with Gasteiger partial charge in [-0.2, -0.15) is 0 Å². The van der Waals surface area contributed by atoms with Gasteiger partial charge in [-0.3, -0.25) is 9.36 Å². The van der Waals surface area contributed by atoms with Crippen molar-refractivity contribution in [1.29, 1.82) is 0 Å². The fourth-order valence-electron chi connectivity index (χ4n) is 3.78. The second-order valence-corrected chi connectivity index (χ2v) is 7.83. The van der Waals surface area contributed by atoms with E-state index in [0.717, 1.165) is 5.56 Å². The minimum Gasteiger partial charge on any atom is -0.455 e. The van der Waals surface area contributed by atoms with Gasteiger partial charge in [-0.25, -0.2) is 14.8 Å². The van der Waals surface area contributed by atoms with E-state index < -0.39 is 5.97 Å². The lowest BCUT2D eigenvalue weighted by Gasteiger charge is -2.11. The molecule has 7 heteroatoms. The lowest BCUT2D eigenvalue weighted by Crippen LogP contribution is -2.22. The van der Waals surface area contributed by atoms with Gasteiger partial charge in [-0.15, -0.1) is 0 Å². The van der Waals surface area contributed by atoms with Crippen molar-refractivity contribution in [1.82, 2.24) is 14.5 Å². The fraction of sp³-hybridized carbons (Fsp3) is 0.111. The Morgan fingerprint density at radius 1 is 0.912 bits per heavy atom. The molecule has 7 nitrogen and oxygen atoms in total. The molecule has 34 heavy (non-hydrogen) atoms. The molecule has 0 saturated heterocycles. The monoisotopic (exact) mass is 451 g/mol. The van der Waals surface area contributed by atoms with Gasteiger partial charge in [-0.1, -0.05) is 30.3 Å². The first-order valence-electron chi connectivity index (χ1n) is 10.8. The van der Waals surface area contributed by atoms with Crippen LogP contribution in [0.25, 0.3) is 28.0 Å².